The third-order valence-electron chi connectivity index (χ3n) is 3.41. The highest BCUT2D eigenvalue weighted by atomic mass is 127. The first kappa shape index (κ1) is 22.5. The smallest absolute Gasteiger partial charge is 0.221 e. The summed E-state index contributed by atoms with van der Waals surface area (Å²) in [7, 11) is 1.75. The normalized spacial score (nSPS) is 12.2. The minimum Gasteiger partial charge on any atom is -0.492 e. The molecule has 3 N–H and O–H groups in total. The Hall–Kier alpha value is -1.51. The van der Waals surface area contributed by atoms with Gasteiger partial charge in [0.25, 0.3) is 0 Å². The molecule has 6 nitrogen and oxygen atoms in total. The first-order chi connectivity index (χ1) is 10.9. The molecule has 7 heteroatoms. The number of carbonyl (C=O) groups excluding carboxylic acids is 1. The summed E-state index contributed by atoms with van der Waals surface area (Å²) in [4.78, 5) is 15.2. The van der Waals surface area contributed by atoms with Crippen LogP contribution in [0.25, 0.3) is 0 Å². The zero-order chi connectivity index (χ0) is 17.2. The minimum atomic E-state index is -0.0991. The van der Waals surface area contributed by atoms with Crippen LogP contribution in [-0.2, 0) is 4.79 Å². The van der Waals surface area contributed by atoms with Gasteiger partial charge in [-0.05, 0) is 25.0 Å². The standard InChI is InChI=1S/C17H28N4O2.HI/c1-12(2)13(3)20-17(18-5)19-9-10-23-16-8-6-7-15(11-16)21-14(4)22;/h6-8,11-13H,9-10H2,1-5H3,(H,21,22)(H2,18,19,20);1H. The second-order valence-electron chi connectivity index (χ2n) is 5.73. The van der Waals surface area contributed by atoms with Gasteiger partial charge < -0.3 is 20.7 Å². The quantitative estimate of drug-likeness (QED) is 0.260. The maximum absolute atomic E-state index is 11.0. The fraction of sp³-hybridized carbons (Fsp3) is 0.529. The van der Waals surface area contributed by atoms with Gasteiger partial charge in [0, 0.05) is 31.8 Å². The van der Waals surface area contributed by atoms with E-state index in [0.29, 0.717) is 25.1 Å². The molecule has 1 rings (SSSR count). The van der Waals surface area contributed by atoms with E-state index in [1.54, 1.807) is 13.1 Å². The summed E-state index contributed by atoms with van der Waals surface area (Å²) in [5.74, 6) is 1.91. The zero-order valence-corrected chi connectivity index (χ0v) is 17.4. The molecular formula is C17H29IN4O2. The first-order valence-corrected chi connectivity index (χ1v) is 7.90. The van der Waals surface area contributed by atoms with Crippen LogP contribution in [-0.4, -0.2) is 38.1 Å². The molecule has 0 radical (unpaired) electrons. The van der Waals surface area contributed by atoms with E-state index in [4.69, 9.17) is 4.74 Å². The van der Waals surface area contributed by atoms with Crippen LogP contribution in [0.1, 0.15) is 27.7 Å². The van der Waals surface area contributed by atoms with Gasteiger partial charge in [-0.1, -0.05) is 19.9 Å². The molecule has 0 aliphatic heterocycles. The van der Waals surface area contributed by atoms with Gasteiger partial charge in [-0.25, -0.2) is 0 Å². The largest absolute Gasteiger partial charge is 0.492 e. The van der Waals surface area contributed by atoms with Crippen molar-refractivity contribution in [3.8, 4) is 5.75 Å². The molecule has 0 spiro atoms. The molecular weight excluding hydrogens is 419 g/mol. The van der Waals surface area contributed by atoms with Crippen molar-refractivity contribution in [2.45, 2.75) is 33.7 Å². The van der Waals surface area contributed by atoms with Crippen molar-refractivity contribution in [3.63, 3.8) is 0 Å². The summed E-state index contributed by atoms with van der Waals surface area (Å²) >= 11 is 0. The monoisotopic (exact) mass is 448 g/mol. The fourth-order valence-electron chi connectivity index (χ4n) is 1.78. The van der Waals surface area contributed by atoms with Crippen molar-refractivity contribution in [1.29, 1.82) is 0 Å². The highest BCUT2D eigenvalue weighted by molar-refractivity contribution is 14.0. The number of aliphatic imine (C=N–C) groups is 1. The van der Waals surface area contributed by atoms with E-state index in [1.807, 2.05) is 18.2 Å². The summed E-state index contributed by atoms with van der Waals surface area (Å²) in [5, 5.41) is 9.28. The highest BCUT2D eigenvalue weighted by Gasteiger charge is 2.08. The number of ether oxygens (including phenoxy) is 1. The Morgan fingerprint density at radius 2 is 2.00 bits per heavy atom. The third kappa shape index (κ3) is 8.95. The third-order valence-corrected chi connectivity index (χ3v) is 3.41. The second-order valence-corrected chi connectivity index (χ2v) is 5.73. The number of hydrogen-bond acceptors (Lipinski definition) is 3. The van der Waals surface area contributed by atoms with Crippen molar-refractivity contribution in [2.75, 3.05) is 25.5 Å². The van der Waals surface area contributed by atoms with Crippen molar-refractivity contribution in [2.24, 2.45) is 10.9 Å². The van der Waals surface area contributed by atoms with Crippen molar-refractivity contribution < 1.29 is 9.53 Å². The molecule has 0 heterocycles. The van der Waals surface area contributed by atoms with E-state index in [1.165, 1.54) is 6.92 Å². The number of anilines is 1. The fourth-order valence-corrected chi connectivity index (χ4v) is 1.78. The van der Waals surface area contributed by atoms with E-state index >= 15 is 0 Å². The molecule has 24 heavy (non-hydrogen) atoms. The molecule has 1 amide bonds. The van der Waals surface area contributed by atoms with Crippen LogP contribution in [0, 0.1) is 5.92 Å². The first-order valence-electron chi connectivity index (χ1n) is 7.90. The molecule has 0 aliphatic rings. The number of carbonyl (C=O) groups is 1. The van der Waals surface area contributed by atoms with Gasteiger partial charge in [0.05, 0.1) is 6.54 Å². The van der Waals surface area contributed by atoms with E-state index in [2.05, 4.69) is 41.7 Å². The number of nitrogens with zero attached hydrogens (tertiary/aromatic N) is 1. The molecule has 0 fully saturated rings. The molecule has 1 aromatic rings. The number of rotatable bonds is 7. The van der Waals surface area contributed by atoms with Crippen LogP contribution in [0.3, 0.4) is 0 Å². The number of guanidine groups is 1. The van der Waals surface area contributed by atoms with Crippen LogP contribution in [0.5, 0.6) is 5.75 Å². The highest BCUT2D eigenvalue weighted by Crippen LogP contribution is 2.16. The lowest BCUT2D eigenvalue weighted by Crippen LogP contribution is -2.45. The number of amides is 1. The van der Waals surface area contributed by atoms with E-state index in [-0.39, 0.29) is 29.9 Å². The SMILES string of the molecule is CN=C(NCCOc1cccc(NC(C)=O)c1)NC(C)C(C)C.I. The Kier molecular flexibility index (Phi) is 11.2. The molecule has 1 aromatic carbocycles. The summed E-state index contributed by atoms with van der Waals surface area (Å²) < 4.78 is 5.68. The predicted octanol–water partition coefficient (Wildman–Crippen LogP) is 2.85. The molecule has 0 saturated carbocycles. The Bertz CT molecular complexity index is 535. The van der Waals surface area contributed by atoms with Gasteiger partial charge in [0.15, 0.2) is 5.96 Å². The van der Waals surface area contributed by atoms with Gasteiger partial charge in [-0.3, -0.25) is 9.79 Å². The number of hydrogen-bond donors (Lipinski definition) is 3. The minimum absolute atomic E-state index is 0. The lowest BCUT2D eigenvalue weighted by Gasteiger charge is -2.20. The van der Waals surface area contributed by atoms with Crippen molar-refractivity contribution in [3.05, 3.63) is 24.3 Å². The van der Waals surface area contributed by atoms with E-state index < -0.39 is 0 Å². The zero-order valence-electron chi connectivity index (χ0n) is 15.1. The van der Waals surface area contributed by atoms with Gasteiger partial charge in [-0.2, -0.15) is 0 Å². The van der Waals surface area contributed by atoms with Gasteiger partial charge in [0.1, 0.15) is 12.4 Å². The summed E-state index contributed by atoms with van der Waals surface area (Å²) in [5.41, 5.74) is 0.728. The van der Waals surface area contributed by atoms with Crippen LogP contribution in [0.2, 0.25) is 0 Å². The van der Waals surface area contributed by atoms with Crippen molar-refractivity contribution in [1.82, 2.24) is 10.6 Å². The molecule has 136 valence electrons. The maximum Gasteiger partial charge on any atom is 0.221 e. The summed E-state index contributed by atoms with van der Waals surface area (Å²) in [6.07, 6.45) is 0. The second kappa shape index (κ2) is 11.9. The summed E-state index contributed by atoms with van der Waals surface area (Å²) in [6.45, 7) is 9.07. The average molecular weight is 448 g/mol. The Morgan fingerprint density at radius 3 is 2.58 bits per heavy atom. The summed E-state index contributed by atoms with van der Waals surface area (Å²) in [6, 6.07) is 7.68. The van der Waals surface area contributed by atoms with E-state index in [0.717, 1.165) is 17.4 Å². The lowest BCUT2D eigenvalue weighted by atomic mass is 10.1. The van der Waals surface area contributed by atoms with Gasteiger partial charge >= 0.3 is 0 Å². The van der Waals surface area contributed by atoms with Crippen molar-refractivity contribution >= 4 is 41.5 Å². The van der Waals surface area contributed by atoms with Crippen LogP contribution in [0.4, 0.5) is 5.69 Å². The molecule has 1 unspecified atom stereocenters. The lowest BCUT2D eigenvalue weighted by molar-refractivity contribution is -0.114. The molecule has 0 aliphatic carbocycles. The number of nitrogens with one attached hydrogen (secondary N) is 3. The Balaban J connectivity index is 0.00000529. The molecule has 0 bridgehead atoms. The van der Waals surface area contributed by atoms with E-state index in [9.17, 15) is 4.79 Å². The van der Waals surface area contributed by atoms with Crippen LogP contribution >= 0.6 is 24.0 Å². The predicted molar refractivity (Wildman–Crippen MR) is 110 cm³/mol. The van der Waals surface area contributed by atoms with Gasteiger partial charge in [0.2, 0.25) is 5.91 Å². The molecule has 0 aromatic heterocycles. The van der Waals surface area contributed by atoms with Gasteiger partial charge in [-0.15, -0.1) is 24.0 Å². The average Bonchev–Trinajstić information content (AvgIpc) is 2.49. The maximum atomic E-state index is 11.0. The molecule has 1 atom stereocenters. The number of benzene rings is 1. The Labute approximate surface area is 161 Å². The molecule has 0 saturated heterocycles. The van der Waals surface area contributed by atoms with Crippen LogP contribution in [0.15, 0.2) is 29.3 Å². The Morgan fingerprint density at radius 1 is 1.29 bits per heavy atom. The van der Waals surface area contributed by atoms with Crippen LogP contribution < -0.4 is 20.7 Å². The number of halogens is 1. The topological polar surface area (TPSA) is 74.8 Å².